The van der Waals surface area contributed by atoms with Gasteiger partial charge in [-0.2, -0.15) is 0 Å². The molecule has 23 heavy (non-hydrogen) atoms. The van der Waals surface area contributed by atoms with E-state index in [9.17, 15) is 4.79 Å². The van der Waals surface area contributed by atoms with Crippen molar-refractivity contribution in [2.24, 2.45) is 0 Å². The first-order chi connectivity index (χ1) is 10.8. The summed E-state index contributed by atoms with van der Waals surface area (Å²) < 4.78 is 7.39. The van der Waals surface area contributed by atoms with Gasteiger partial charge in [-0.15, -0.1) is 0 Å². The Kier molecular flexibility index (Phi) is 6.45. The Morgan fingerprint density at radius 3 is 2.70 bits per heavy atom. The van der Waals surface area contributed by atoms with Crippen molar-refractivity contribution in [3.8, 4) is 0 Å². The summed E-state index contributed by atoms with van der Waals surface area (Å²) >= 11 is 6.89. The Morgan fingerprint density at radius 2 is 2.13 bits per heavy atom. The van der Waals surface area contributed by atoms with Crippen molar-refractivity contribution in [2.75, 3.05) is 13.1 Å². The molecule has 1 aromatic heterocycles. The van der Waals surface area contributed by atoms with Crippen LogP contribution in [-0.2, 0) is 11.3 Å². The number of aromatic nitrogens is 1. The molecule has 1 saturated carbocycles. The minimum absolute atomic E-state index is 0.218. The molecule has 128 valence electrons. The lowest BCUT2D eigenvalue weighted by Gasteiger charge is -2.27. The SMILES string of the molecule is CC(C)(C)OC(=O)N(CCNCc1ncc(Br)cc1Br)C1CC1. The van der Waals surface area contributed by atoms with E-state index in [2.05, 4.69) is 42.2 Å². The van der Waals surface area contributed by atoms with Crippen LogP contribution >= 0.6 is 31.9 Å². The van der Waals surface area contributed by atoms with Crippen molar-refractivity contribution in [1.82, 2.24) is 15.2 Å². The minimum atomic E-state index is -0.455. The number of halogens is 2. The second-order valence-electron chi connectivity index (χ2n) is 6.66. The predicted molar refractivity (Wildman–Crippen MR) is 97.3 cm³/mol. The standard InChI is InChI=1S/C16H23Br2N3O2/c1-16(2,3)23-15(22)21(12-4-5-12)7-6-19-10-14-13(18)8-11(17)9-20-14/h8-9,12,19H,4-7,10H2,1-3H3. The highest BCUT2D eigenvalue weighted by atomic mass is 79.9. The summed E-state index contributed by atoms with van der Waals surface area (Å²) in [5.41, 5.74) is 0.493. The van der Waals surface area contributed by atoms with Gasteiger partial charge >= 0.3 is 6.09 Å². The summed E-state index contributed by atoms with van der Waals surface area (Å²) in [6.07, 6.45) is 3.70. The van der Waals surface area contributed by atoms with E-state index in [1.807, 2.05) is 31.7 Å². The highest BCUT2D eigenvalue weighted by Gasteiger charge is 2.34. The molecule has 0 saturated heterocycles. The molecule has 1 aromatic rings. The molecule has 2 rings (SSSR count). The first kappa shape index (κ1) is 18.7. The monoisotopic (exact) mass is 447 g/mol. The lowest BCUT2D eigenvalue weighted by molar-refractivity contribution is 0.0236. The summed E-state index contributed by atoms with van der Waals surface area (Å²) in [6, 6.07) is 2.31. The molecule has 0 atom stereocenters. The molecule has 0 aromatic carbocycles. The van der Waals surface area contributed by atoms with E-state index >= 15 is 0 Å². The largest absolute Gasteiger partial charge is 0.444 e. The van der Waals surface area contributed by atoms with Gasteiger partial charge in [0.05, 0.1) is 5.69 Å². The molecule has 0 bridgehead atoms. The molecule has 0 radical (unpaired) electrons. The van der Waals surface area contributed by atoms with Crippen LogP contribution in [0.3, 0.4) is 0 Å². The maximum Gasteiger partial charge on any atom is 0.410 e. The summed E-state index contributed by atoms with van der Waals surface area (Å²) in [7, 11) is 0. The number of carbonyl (C=O) groups is 1. The van der Waals surface area contributed by atoms with Crippen LogP contribution < -0.4 is 5.32 Å². The fourth-order valence-corrected chi connectivity index (χ4v) is 3.24. The topological polar surface area (TPSA) is 54.5 Å². The number of carbonyl (C=O) groups excluding carboxylic acids is 1. The summed E-state index contributed by atoms with van der Waals surface area (Å²) in [5, 5.41) is 3.34. The average molecular weight is 449 g/mol. The fourth-order valence-electron chi connectivity index (χ4n) is 2.11. The first-order valence-electron chi connectivity index (χ1n) is 7.76. The van der Waals surface area contributed by atoms with Gasteiger partial charge in [-0.3, -0.25) is 4.98 Å². The second-order valence-corrected chi connectivity index (χ2v) is 8.43. The summed E-state index contributed by atoms with van der Waals surface area (Å²) in [6.45, 7) is 7.69. The molecule has 0 unspecified atom stereocenters. The number of amides is 1. The molecule has 0 aliphatic heterocycles. The van der Waals surface area contributed by atoms with Gasteiger partial charge in [0.2, 0.25) is 0 Å². The van der Waals surface area contributed by atoms with Gasteiger partial charge in [-0.1, -0.05) is 0 Å². The Balaban J connectivity index is 1.79. The van der Waals surface area contributed by atoms with E-state index in [0.29, 0.717) is 25.7 Å². The Hall–Kier alpha value is -0.660. The van der Waals surface area contributed by atoms with Crippen molar-refractivity contribution in [3.05, 3.63) is 26.9 Å². The maximum atomic E-state index is 12.2. The number of pyridine rings is 1. The number of ether oxygens (including phenoxy) is 1. The van der Waals surface area contributed by atoms with Crippen LogP contribution in [0, 0.1) is 0 Å². The smallest absolute Gasteiger partial charge is 0.410 e. The average Bonchev–Trinajstić information content (AvgIpc) is 3.23. The molecule has 7 heteroatoms. The Bertz CT molecular complexity index is 557. The van der Waals surface area contributed by atoms with E-state index in [1.54, 1.807) is 6.20 Å². The zero-order valence-corrected chi connectivity index (χ0v) is 16.9. The van der Waals surface area contributed by atoms with E-state index in [0.717, 1.165) is 27.5 Å². The molecule has 1 aliphatic carbocycles. The van der Waals surface area contributed by atoms with Gasteiger partial charge in [0.15, 0.2) is 0 Å². The maximum absolute atomic E-state index is 12.2. The lowest BCUT2D eigenvalue weighted by Crippen LogP contribution is -2.41. The minimum Gasteiger partial charge on any atom is -0.444 e. The van der Waals surface area contributed by atoms with Crippen LogP contribution in [0.4, 0.5) is 4.79 Å². The highest BCUT2D eigenvalue weighted by molar-refractivity contribution is 9.11. The van der Waals surface area contributed by atoms with Crippen LogP contribution in [0.25, 0.3) is 0 Å². The summed E-state index contributed by atoms with van der Waals surface area (Å²) in [4.78, 5) is 18.4. The molecule has 0 spiro atoms. The molecular weight excluding hydrogens is 426 g/mol. The second kappa shape index (κ2) is 7.94. The Labute approximate surface area is 154 Å². The molecule has 1 fully saturated rings. The highest BCUT2D eigenvalue weighted by Crippen LogP contribution is 2.28. The fraction of sp³-hybridized carbons (Fsp3) is 0.625. The third-order valence-corrected chi connectivity index (χ3v) is 4.44. The van der Waals surface area contributed by atoms with Gasteiger partial charge in [-0.05, 0) is 71.5 Å². The van der Waals surface area contributed by atoms with Gasteiger partial charge in [0, 0.05) is 40.8 Å². The molecule has 1 heterocycles. The normalized spacial score (nSPS) is 14.7. The molecule has 1 amide bonds. The van der Waals surface area contributed by atoms with Crippen LogP contribution in [0.2, 0.25) is 0 Å². The molecule has 1 N–H and O–H groups in total. The number of hydrogen-bond acceptors (Lipinski definition) is 4. The number of rotatable bonds is 6. The van der Waals surface area contributed by atoms with Crippen molar-refractivity contribution < 1.29 is 9.53 Å². The van der Waals surface area contributed by atoms with Crippen LogP contribution in [-0.4, -0.2) is 40.7 Å². The molecular formula is C16H23Br2N3O2. The Morgan fingerprint density at radius 1 is 1.43 bits per heavy atom. The lowest BCUT2D eigenvalue weighted by atomic mass is 10.2. The van der Waals surface area contributed by atoms with Crippen LogP contribution in [0.5, 0.6) is 0 Å². The van der Waals surface area contributed by atoms with Gasteiger partial charge in [-0.25, -0.2) is 4.79 Å². The van der Waals surface area contributed by atoms with Crippen molar-refractivity contribution in [1.29, 1.82) is 0 Å². The van der Waals surface area contributed by atoms with Crippen molar-refractivity contribution >= 4 is 38.0 Å². The first-order valence-corrected chi connectivity index (χ1v) is 9.35. The summed E-state index contributed by atoms with van der Waals surface area (Å²) in [5.74, 6) is 0. The van der Waals surface area contributed by atoms with Crippen LogP contribution in [0.15, 0.2) is 21.2 Å². The molecule has 5 nitrogen and oxygen atoms in total. The number of hydrogen-bond donors (Lipinski definition) is 1. The zero-order chi connectivity index (χ0) is 17.0. The number of nitrogens with one attached hydrogen (secondary N) is 1. The van der Waals surface area contributed by atoms with Gasteiger partial charge < -0.3 is 15.0 Å². The quantitative estimate of drug-likeness (QED) is 0.665. The number of nitrogens with zero attached hydrogens (tertiary/aromatic N) is 2. The van der Waals surface area contributed by atoms with Gasteiger partial charge in [0.1, 0.15) is 5.60 Å². The third-order valence-electron chi connectivity index (χ3n) is 3.32. The zero-order valence-electron chi connectivity index (χ0n) is 13.7. The van der Waals surface area contributed by atoms with E-state index in [-0.39, 0.29) is 6.09 Å². The predicted octanol–water partition coefficient (Wildman–Crippen LogP) is 4.10. The van der Waals surface area contributed by atoms with Crippen LogP contribution in [0.1, 0.15) is 39.3 Å². The van der Waals surface area contributed by atoms with Crippen molar-refractivity contribution in [3.63, 3.8) is 0 Å². The third kappa shape index (κ3) is 6.39. The molecule has 1 aliphatic rings. The van der Waals surface area contributed by atoms with Crippen molar-refractivity contribution in [2.45, 2.75) is 51.8 Å². The van der Waals surface area contributed by atoms with E-state index < -0.39 is 5.60 Å². The van der Waals surface area contributed by atoms with Gasteiger partial charge in [0.25, 0.3) is 0 Å². The van der Waals surface area contributed by atoms with E-state index in [4.69, 9.17) is 4.74 Å². The van der Waals surface area contributed by atoms with E-state index in [1.165, 1.54) is 0 Å².